The third kappa shape index (κ3) is 7.18. The van der Waals surface area contributed by atoms with Gasteiger partial charge in [-0.3, -0.25) is 9.59 Å². The van der Waals surface area contributed by atoms with Crippen LogP contribution in [0.1, 0.15) is 26.3 Å². The van der Waals surface area contributed by atoms with E-state index >= 15 is 0 Å². The zero-order valence-corrected chi connectivity index (χ0v) is 16.8. The molecule has 0 radical (unpaired) electrons. The molecule has 2 aromatic carbocycles. The van der Waals surface area contributed by atoms with Gasteiger partial charge in [-0.15, -0.1) is 0 Å². The molecule has 0 bridgehead atoms. The zero-order chi connectivity index (χ0) is 21.4. The highest BCUT2D eigenvalue weighted by molar-refractivity contribution is 5.87. The second kappa shape index (κ2) is 10.5. The summed E-state index contributed by atoms with van der Waals surface area (Å²) in [4.78, 5) is 26.7. The molecule has 2 aromatic rings. The number of ether oxygens (including phenoxy) is 1. The first-order chi connectivity index (χ1) is 13.8. The first-order valence-corrected chi connectivity index (χ1v) is 9.46. The van der Waals surface area contributed by atoms with Crippen LogP contribution in [0.2, 0.25) is 0 Å². The average Bonchev–Trinajstić information content (AvgIpc) is 2.70. The molecule has 1 atom stereocenters. The number of rotatable bonds is 9. The van der Waals surface area contributed by atoms with E-state index in [0.29, 0.717) is 17.9 Å². The Balaban J connectivity index is 2.10. The van der Waals surface area contributed by atoms with Gasteiger partial charge in [0.25, 0.3) is 5.91 Å². The van der Waals surface area contributed by atoms with Gasteiger partial charge < -0.3 is 15.0 Å². The Bertz CT molecular complexity index is 808. The lowest BCUT2D eigenvalue weighted by Gasteiger charge is -2.29. The van der Waals surface area contributed by atoms with Crippen LogP contribution < -0.4 is 10.1 Å². The molecule has 0 saturated heterocycles. The van der Waals surface area contributed by atoms with E-state index in [0.717, 1.165) is 0 Å². The molecule has 156 valence electrons. The van der Waals surface area contributed by atoms with Crippen LogP contribution in [0.25, 0.3) is 0 Å². The standard InChI is InChI=1S/C22H26F2N2O3/c1-15(2)12-25-22(28)16(3)26(13-17-4-6-18(23)7-5-17)21(27)14-29-20-10-8-19(24)9-11-20/h4-11,15-16H,12-14H2,1-3H3,(H,25,28). The summed E-state index contributed by atoms with van der Waals surface area (Å²) in [6.07, 6.45) is 0. The molecular formula is C22H26F2N2O3. The average molecular weight is 404 g/mol. The number of carbonyl (C=O) groups excluding carboxylic acids is 2. The van der Waals surface area contributed by atoms with Crippen molar-refractivity contribution in [3.05, 3.63) is 65.7 Å². The third-order valence-corrected chi connectivity index (χ3v) is 4.29. The van der Waals surface area contributed by atoms with Gasteiger partial charge in [0.15, 0.2) is 6.61 Å². The van der Waals surface area contributed by atoms with Gasteiger partial charge in [0.1, 0.15) is 23.4 Å². The number of hydrogen-bond donors (Lipinski definition) is 1. The molecule has 5 nitrogen and oxygen atoms in total. The number of hydrogen-bond acceptors (Lipinski definition) is 3. The topological polar surface area (TPSA) is 58.6 Å². The summed E-state index contributed by atoms with van der Waals surface area (Å²) in [5.74, 6) is -0.861. The number of amides is 2. The molecule has 0 aromatic heterocycles. The Hall–Kier alpha value is -2.96. The van der Waals surface area contributed by atoms with E-state index in [-0.39, 0.29) is 30.8 Å². The summed E-state index contributed by atoms with van der Waals surface area (Å²) in [5.41, 5.74) is 0.685. The van der Waals surface area contributed by atoms with Crippen LogP contribution in [-0.2, 0) is 16.1 Å². The second-order valence-electron chi connectivity index (χ2n) is 7.21. The van der Waals surface area contributed by atoms with E-state index in [4.69, 9.17) is 4.74 Å². The predicted octanol–water partition coefficient (Wildman–Crippen LogP) is 3.53. The molecule has 0 fully saturated rings. The van der Waals surface area contributed by atoms with Crippen molar-refractivity contribution in [1.29, 1.82) is 0 Å². The maximum atomic E-state index is 13.2. The maximum Gasteiger partial charge on any atom is 0.261 e. The molecule has 2 amide bonds. The molecule has 0 aliphatic carbocycles. The Morgan fingerprint density at radius 1 is 0.966 bits per heavy atom. The van der Waals surface area contributed by atoms with Crippen LogP contribution in [0.3, 0.4) is 0 Å². The summed E-state index contributed by atoms with van der Waals surface area (Å²) in [6, 6.07) is 10.3. The summed E-state index contributed by atoms with van der Waals surface area (Å²) >= 11 is 0. The van der Waals surface area contributed by atoms with E-state index in [1.54, 1.807) is 19.1 Å². The fourth-order valence-electron chi connectivity index (χ4n) is 2.58. The first-order valence-electron chi connectivity index (χ1n) is 9.46. The van der Waals surface area contributed by atoms with Gasteiger partial charge in [0.2, 0.25) is 5.91 Å². The Kier molecular flexibility index (Phi) is 8.12. The van der Waals surface area contributed by atoms with Crippen molar-refractivity contribution in [2.45, 2.75) is 33.4 Å². The Morgan fingerprint density at radius 3 is 2.07 bits per heavy atom. The lowest BCUT2D eigenvalue weighted by atomic mass is 10.1. The highest BCUT2D eigenvalue weighted by Crippen LogP contribution is 2.14. The largest absolute Gasteiger partial charge is 0.484 e. The molecule has 0 heterocycles. The monoisotopic (exact) mass is 404 g/mol. The molecule has 1 unspecified atom stereocenters. The van der Waals surface area contributed by atoms with Crippen molar-refractivity contribution in [2.75, 3.05) is 13.2 Å². The highest BCUT2D eigenvalue weighted by Gasteiger charge is 2.26. The molecule has 1 N–H and O–H groups in total. The van der Waals surface area contributed by atoms with E-state index in [1.807, 2.05) is 13.8 Å². The predicted molar refractivity (Wildman–Crippen MR) is 106 cm³/mol. The van der Waals surface area contributed by atoms with E-state index in [2.05, 4.69) is 5.32 Å². The molecular weight excluding hydrogens is 378 g/mol. The summed E-state index contributed by atoms with van der Waals surface area (Å²) in [6.45, 7) is 5.89. The number of nitrogens with one attached hydrogen (secondary N) is 1. The van der Waals surface area contributed by atoms with Crippen LogP contribution in [0.5, 0.6) is 5.75 Å². The minimum atomic E-state index is -0.747. The summed E-state index contributed by atoms with van der Waals surface area (Å²) in [5, 5.41) is 2.82. The second-order valence-corrected chi connectivity index (χ2v) is 7.21. The molecule has 0 saturated carbocycles. The van der Waals surface area contributed by atoms with Crippen molar-refractivity contribution in [2.24, 2.45) is 5.92 Å². The van der Waals surface area contributed by atoms with Crippen molar-refractivity contribution in [1.82, 2.24) is 10.2 Å². The highest BCUT2D eigenvalue weighted by atomic mass is 19.1. The molecule has 0 aliphatic rings. The lowest BCUT2D eigenvalue weighted by molar-refractivity contribution is -0.142. The van der Waals surface area contributed by atoms with Gasteiger partial charge in [-0.1, -0.05) is 26.0 Å². The number of halogens is 2. The van der Waals surface area contributed by atoms with Crippen molar-refractivity contribution < 1.29 is 23.1 Å². The number of benzene rings is 2. The first kappa shape index (κ1) is 22.3. The van der Waals surface area contributed by atoms with Crippen LogP contribution >= 0.6 is 0 Å². The lowest BCUT2D eigenvalue weighted by Crippen LogP contribution is -2.49. The van der Waals surface area contributed by atoms with Gasteiger partial charge in [-0.05, 0) is 54.8 Å². The Labute approximate surface area is 169 Å². The molecule has 7 heteroatoms. The third-order valence-electron chi connectivity index (χ3n) is 4.29. The van der Waals surface area contributed by atoms with E-state index < -0.39 is 17.8 Å². The van der Waals surface area contributed by atoms with Crippen LogP contribution in [0.15, 0.2) is 48.5 Å². The minimum absolute atomic E-state index is 0.127. The van der Waals surface area contributed by atoms with Crippen molar-refractivity contribution in [3.63, 3.8) is 0 Å². The van der Waals surface area contributed by atoms with Crippen LogP contribution in [0, 0.1) is 17.6 Å². The van der Waals surface area contributed by atoms with Crippen LogP contribution in [-0.4, -0.2) is 35.9 Å². The molecule has 0 aliphatic heterocycles. The quantitative estimate of drug-likeness (QED) is 0.696. The van der Waals surface area contributed by atoms with Gasteiger partial charge in [-0.2, -0.15) is 0 Å². The summed E-state index contributed by atoms with van der Waals surface area (Å²) < 4.78 is 31.6. The summed E-state index contributed by atoms with van der Waals surface area (Å²) in [7, 11) is 0. The number of nitrogens with zero attached hydrogens (tertiary/aromatic N) is 1. The van der Waals surface area contributed by atoms with Crippen molar-refractivity contribution in [3.8, 4) is 5.75 Å². The molecule has 0 spiro atoms. The fourth-order valence-corrected chi connectivity index (χ4v) is 2.58. The normalized spacial score (nSPS) is 11.8. The SMILES string of the molecule is CC(C)CNC(=O)C(C)N(Cc1ccc(F)cc1)C(=O)COc1ccc(F)cc1. The zero-order valence-electron chi connectivity index (χ0n) is 16.8. The Morgan fingerprint density at radius 2 is 1.52 bits per heavy atom. The fraction of sp³-hybridized carbons (Fsp3) is 0.364. The van der Waals surface area contributed by atoms with E-state index in [9.17, 15) is 18.4 Å². The minimum Gasteiger partial charge on any atom is -0.484 e. The van der Waals surface area contributed by atoms with Gasteiger partial charge in [-0.25, -0.2) is 8.78 Å². The van der Waals surface area contributed by atoms with Crippen LogP contribution in [0.4, 0.5) is 8.78 Å². The van der Waals surface area contributed by atoms with E-state index in [1.165, 1.54) is 41.3 Å². The van der Waals surface area contributed by atoms with Gasteiger partial charge in [0.05, 0.1) is 0 Å². The smallest absolute Gasteiger partial charge is 0.261 e. The van der Waals surface area contributed by atoms with Crippen molar-refractivity contribution >= 4 is 11.8 Å². The number of carbonyl (C=O) groups is 2. The maximum absolute atomic E-state index is 13.2. The van der Waals surface area contributed by atoms with Gasteiger partial charge in [0, 0.05) is 13.1 Å². The molecule has 29 heavy (non-hydrogen) atoms. The van der Waals surface area contributed by atoms with Gasteiger partial charge >= 0.3 is 0 Å². The molecule has 2 rings (SSSR count).